The molecule has 2 aromatic carbocycles. The van der Waals surface area contributed by atoms with Gasteiger partial charge >= 0.3 is 5.97 Å². The highest BCUT2D eigenvalue weighted by molar-refractivity contribution is 6.35. The van der Waals surface area contributed by atoms with E-state index in [4.69, 9.17) is 32.7 Å². The molecule has 0 fully saturated rings. The fraction of sp³-hybridized carbons (Fsp3) is 0.263. The molecule has 0 spiro atoms. The minimum Gasteiger partial charge on any atom is -0.497 e. The van der Waals surface area contributed by atoms with Crippen LogP contribution in [0.3, 0.4) is 0 Å². The van der Waals surface area contributed by atoms with Crippen LogP contribution in [0.1, 0.15) is 11.1 Å². The summed E-state index contributed by atoms with van der Waals surface area (Å²) < 4.78 is 10.1. The lowest BCUT2D eigenvalue weighted by Gasteiger charge is -2.08. The predicted molar refractivity (Wildman–Crippen MR) is 101 cm³/mol. The molecular weight excluding hydrogens is 377 g/mol. The summed E-state index contributed by atoms with van der Waals surface area (Å²) in [4.78, 5) is 23.6. The van der Waals surface area contributed by atoms with Gasteiger partial charge in [-0.15, -0.1) is 0 Å². The van der Waals surface area contributed by atoms with Crippen molar-refractivity contribution in [3.8, 4) is 5.75 Å². The van der Waals surface area contributed by atoms with Crippen LogP contribution in [0.25, 0.3) is 0 Å². The quantitative estimate of drug-likeness (QED) is 0.695. The second-order valence-electron chi connectivity index (χ2n) is 5.52. The lowest BCUT2D eigenvalue weighted by Crippen LogP contribution is -2.30. The first-order valence-corrected chi connectivity index (χ1v) is 8.72. The number of methoxy groups -OCH3 is 1. The summed E-state index contributed by atoms with van der Waals surface area (Å²) in [6.45, 7) is 0.123. The monoisotopic (exact) mass is 395 g/mol. The molecule has 1 amide bonds. The predicted octanol–water partition coefficient (Wildman–Crippen LogP) is 3.45. The normalized spacial score (nSPS) is 10.3. The molecule has 2 aromatic rings. The van der Waals surface area contributed by atoms with E-state index in [-0.39, 0.29) is 18.9 Å². The third kappa shape index (κ3) is 6.58. The maximum Gasteiger partial charge on any atom is 0.310 e. The molecule has 0 saturated carbocycles. The van der Waals surface area contributed by atoms with Crippen LogP contribution in [-0.4, -0.2) is 32.1 Å². The molecule has 0 aliphatic carbocycles. The molecule has 0 unspecified atom stereocenters. The highest BCUT2D eigenvalue weighted by atomic mass is 35.5. The van der Waals surface area contributed by atoms with Crippen LogP contribution >= 0.6 is 23.2 Å². The average molecular weight is 396 g/mol. The molecule has 0 saturated heterocycles. The van der Waals surface area contributed by atoms with Crippen LogP contribution in [0, 0.1) is 0 Å². The number of benzene rings is 2. The molecule has 7 heteroatoms. The van der Waals surface area contributed by atoms with Gasteiger partial charge < -0.3 is 14.8 Å². The van der Waals surface area contributed by atoms with E-state index in [2.05, 4.69) is 5.32 Å². The van der Waals surface area contributed by atoms with Crippen molar-refractivity contribution in [2.45, 2.75) is 12.8 Å². The Morgan fingerprint density at radius 2 is 1.81 bits per heavy atom. The van der Waals surface area contributed by atoms with E-state index >= 15 is 0 Å². The van der Waals surface area contributed by atoms with E-state index in [1.807, 2.05) is 24.3 Å². The van der Waals surface area contributed by atoms with Gasteiger partial charge in [-0.1, -0.05) is 41.4 Å². The third-order valence-corrected chi connectivity index (χ3v) is 4.20. The molecule has 0 heterocycles. The van der Waals surface area contributed by atoms with Gasteiger partial charge in [0.2, 0.25) is 0 Å². The number of esters is 1. The molecule has 5 nitrogen and oxygen atoms in total. The summed E-state index contributed by atoms with van der Waals surface area (Å²) >= 11 is 11.8. The van der Waals surface area contributed by atoms with Gasteiger partial charge in [0.15, 0.2) is 6.61 Å². The Bertz CT molecular complexity index is 763. The molecular formula is C19H19Cl2NO4. The molecule has 0 aliphatic rings. The first kappa shape index (κ1) is 20.1. The summed E-state index contributed by atoms with van der Waals surface area (Å²) in [5.74, 6) is -0.0981. The molecule has 26 heavy (non-hydrogen) atoms. The molecule has 1 N–H and O–H groups in total. The third-order valence-electron chi connectivity index (χ3n) is 3.61. The highest BCUT2D eigenvalue weighted by Crippen LogP contribution is 2.21. The molecule has 138 valence electrons. The summed E-state index contributed by atoms with van der Waals surface area (Å²) in [6.07, 6.45) is 0.652. The van der Waals surface area contributed by atoms with Gasteiger partial charge in [0.05, 0.1) is 13.5 Å². The Hall–Kier alpha value is -2.24. The van der Waals surface area contributed by atoms with Crippen molar-refractivity contribution in [2.24, 2.45) is 0 Å². The van der Waals surface area contributed by atoms with E-state index in [1.54, 1.807) is 25.3 Å². The fourth-order valence-electron chi connectivity index (χ4n) is 2.21. The van der Waals surface area contributed by atoms with E-state index in [0.29, 0.717) is 28.6 Å². The summed E-state index contributed by atoms with van der Waals surface area (Å²) in [5.41, 5.74) is 1.67. The van der Waals surface area contributed by atoms with Gasteiger partial charge in [-0.05, 0) is 41.8 Å². The fourth-order valence-corrected chi connectivity index (χ4v) is 2.68. The first-order valence-electron chi connectivity index (χ1n) is 7.97. The largest absolute Gasteiger partial charge is 0.497 e. The Kier molecular flexibility index (Phi) is 7.75. The maximum absolute atomic E-state index is 11.8. The lowest BCUT2D eigenvalue weighted by atomic mass is 10.1. The number of hydrogen-bond acceptors (Lipinski definition) is 4. The number of carbonyl (C=O) groups is 2. The van der Waals surface area contributed by atoms with E-state index in [1.165, 1.54) is 0 Å². The van der Waals surface area contributed by atoms with E-state index in [9.17, 15) is 9.59 Å². The number of ether oxygens (including phenoxy) is 2. The maximum atomic E-state index is 11.8. The lowest BCUT2D eigenvalue weighted by molar-refractivity contribution is -0.147. The van der Waals surface area contributed by atoms with E-state index in [0.717, 1.165) is 11.3 Å². The second-order valence-corrected chi connectivity index (χ2v) is 6.36. The zero-order chi connectivity index (χ0) is 18.9. The molecule has 0 aromatic heterocycles. The molecule has 0 aliphatic heterocycles. The number of nitrogens with one attached hydrogen (secondary N) is 1. The minimum absolute atomic E-state index is 0.0187. The van der Waals surface area contributed by atoms with Crippen molar-refractivity contribution in [1.29, 1.82) is 0 Å². The Balaban J connectivity index is 1.68. The van der Waals surface area contributed by atoms with Crippen LogP contribution in [-0.2, 0) is 27.2 Å². The molecule has 0 atom stereocenters. The van der Waals surface area contributed by atoms with Crippen LogP contribution < -0.4 is 10.1 Å². The smallest absolute Gasteiger partial charge is 0.310 e. The Labute approximate surface area is 162 Å². The Morgan fingerprint density at radius 1 is 1.08 bits per heavy atom. The van der Waals surface area contributed by atoms with Crippen molar-refractivity contribution in [3.63, 3.8) is 0 Å². The number of hydrogen-bond donors (Lipinski definition) is 1. The van der Waals surface area contributed by atoms with Gasteiger partial charge in [-0.25, -0.2) is 0 Å². The summed E-state index contributed by atoms with van der Waals surface area (Å²) in [7, 11) is 1.61. The highest BCUT2D eigenvalue weighted by Gasteiger charge is 2.11. The van der Waals surface area contributed by atoms with Gasteiger partial charge in [0.25, 0.3) is 5.91 Å². The van der Waals surface area contributed by atoms with Crippen LogP contribution in [0.4, 0.5) is 0 Å². The second kappa shape index (κ2) is 10.0. The van der Waals surface area contributed by atoms with Crippen molar-refractivity contribution in [2.75, 3.05) is 20.3 Å². The minimum atomic E-state index is -0.528. The molecule has 2 rings (SSSR count). The summed E-state index contributed by atoms with van der Waals surface area (Å²) in [5, 5.41) is 3.58. The average Bonchev–Trinajstić information content (AvgIpc) is 2.63. The van der Waals surface area contributed by atoms with Crippen molar-refractivity contribution < 1.29 is 19.1 Å². The van der Waals surface area contributed by atoms with Crippen molar-refractivity contribution in [1.82, 2.24) is 5.32 Å². The first-order chi connectivity index (χ1) is 12.5. The van der Waals surface area contributed by atoms with Crippen LogP contribution in [0.5, 0.6) is 5.75 Å². The number of rotatable bonds is 8. The van der Waals surface area contributed by atoms with Crippen LogP contribution in [0.2, 0.25) is 10.0 Å². The van der Waals surface area contributed by atoms with Gasteiger partial charge in [-0.3, -0.25) is 9.59 Å². The van der Waals surface area contributed by atoms with Crippen molar-refractivity contribution >= 4 is 35.1 Å². The molecule has 0 bridgehead atoms. The number of carbonyl (C=O) groups excluding carboxylic acids is 2. The summed E-state index contributed by atoms with van der Waals surface area (Å²) in [6, 6.07) is 12.4. The number of halogens is 2. The SMILES string of the molecule is COc1ccc(CCNC(=O)COC(=O)Cc2ccc(Cl)cc2Cl)cc1. The van der Waals surface area contributed by atoms with Gasteiger partial charge in [-0.2, -0.15) is 0 Å². The molecule has 0 radical (unpaired) electrons. The van der Waals surface area contributed by atoms with Gasteiger partial charge in [0, 0.05) is 16.6 Å². The zero-order valence-corrected chi connectivity index (χ0v) is 15.8. The van der Waals surface area contributed by atoms with Crippen molar-refractivity contribution in [3.05, 3.63) is 63.6 Å². The number of amides is 1. The van der Waals surface area contributed by atoms with Gasteiger partial charge in [0.1, 0.15) is 5.75 Å². The van der Waals surface area contributed by atoms with E-state index < -0.39 is 5.97 Å². The zero-order valence-electron chi connectivity index (χ0n) is 14.3. The van der Waals surface area contributed by atoms with Crippen LogP contribution in [0.15, 0.2) is 42.5 Å². The topological polar surface area (TPSA) is 64.6 Å². The Morgan fingerprint density at radius 3 is 2.46 bits per heavy atom. The standard InChI is InChI=1S/C19H19Cl2NO4/c1-25-16-6-2-13(3-7-16)8-9-22-18(23)12-26-19(24)10-14-4-5-15(20)11-17(14)21/h2-7,11H,8-10,12H2,1H3,(H,22,23).